The third-order valence-electron chi connectivity index (χ3n) is 5.77. The maximum Gasteiger partial charge on any atom is 0.417 e. The molecule has 190 valence electrons. The van der Waals surface area contributed by atoms with Gasteiger partial charge in [-0.05, 0) is 46.6 Å². The van der Waals surface area contributed by atoms with Crippen LogP contribution in [0.5, 0.6) is 0 Å². The highest BCUT2D eigenvalue weighted by Gasteiger charge is 2.38. The molecule has 2 aromatic rings. The highest BCUT2D eigenvalue weighted by molar-refractivity contribution is 7.17. The largest absolute Gasteiger partial charge is 0.417 e. The lowest BCUT2D eigenvalue weighted by atomic mass is 10.1. The van der Waals surface area contributed by atoms with Crippen LogP contribution in [0.25, 0.3) is 10.4 Å². The van der Waals surface area contributed by atoms with Crippen LogP contribution in [0.2, 0.25) is 0 Å². The molecule has 0 spiro atoms. The molecule has 2 amide bonds. The number of amides is 2. The van der Waals surface area contributed by atoms with E-state index >= 15 is 0 Å². The molecule has 12 heteroatoms. The number of pyridine rings is 1. The quantitative estimate of drug-likeness (QED) is 0.625. The molecule has 0 saturated carbocycles. The highest BCUT2D eigenvalue weighted by Crippen LogP contribution is 2.42. The molecule has 8 nitrogen and oxygen atoms in total. The van der Waals surface area contributed by atoms with Crippen LogP contribution in [0.4, 0.5) is 19.0 Å². The van der Waals surface area contributed by atoms with Crippen molar-refractivity contribution >= 4 is 29.0 Å². The number of nitrogens with zero attached hydrogens (tertiary/aromatic N) is 3. The van der Waals surface area contributed by atoms with Gasteiger partial charge in [-0.3, -0.25) is 9.59 Å². The second-order valence-corrected chi connectivity index (χ2v) is 10.9. The van der Waals surface area contributed by atoms with E-state index in [1.54, 1.807) is 4.90 Å². The average molecular weight is 512 g/mol. The van der Waals surface area contributed by atoms with Crippen LogP contribution >= 0.6 is 11.3 Å². The Hall–Kier alpha value is -2.73. The first kappa shape index (κ1) is 25.4. The van der Waals surface area contributed by atoms with Crippen LogP contribution < -0.4 is 10.6 Å². The zero-order valence-electron chi connectivity index (χ0n) is 20.0. The van der Waals surface area contributed by atoms with Gasteiger partial charge in [-0.1, -0.05) is 0 Å². The summed E-state index contributed by atoms with van der Waals surface area (Å²) in [4.78, 5) is 36.1. The van der Waals surface area contributed by atoms with E-state index < -0.39 is 29.1 Å². The van der Waals surface area contributed by atoms with Crippen molar-refractivity contribution in [2.75, 3.05) is 25.1 Å². The van der Waals surface area contributed by atoms with Gasteiger partial charge in [0.25, 0.3) is 11.8 Å². The molecule has 4 rings (SSSR count). The van der Waals surface area contributed by atoms with Crippen LogP contribution in [-0.2, 0) is 10.9 Å². The number of carbonyl (C=O) groups is 2. The summed E-state index contributed by atoms with van der Waals surface area (Å²) >= 11 is 0.763. The standard InChI is InChI=1S/C23H28F3N5O3S/c1-12-6-5-7-31(12)21(33)17-18(35-20(29-17)19(32)28-13-10-34-11-13)14-9-27-16(30-22(2,3)4)8-15(14)23(24,25)26/h8-9,12-13H,5-7,10-11H2,1-4H3,(H,27,30)(H,28,32). The predicted octanol–water partition coefficient (Wildman–Crippen LogP) is 4.19. The maximum atomic E-state index is 14.2. The first-order valence-corrected chi connectivity index (χ1v) is 12.2. The molecule has 2 fully saturated rings. The molecule has 2 N–H and O–H groups in total. The molecule has 2 aliphatic heterocycles. The second kappa shape index (κ2) is 9.38. The SMILES string of the molecule is CC1CCCN1C(=O)c1nc(C(=O)NC2COC2)sc1-c1cnc(NC(C)(C)C)cc1C(F)(F)F. The number of carbonyl (C=O) groups excluding carboxylic acids is 2. The molecule has 0 bridgehead atoms. The zero-order chi connectivity index (χ0) is 25.5. The monoisotopic (exact) mass is 511 g/mol. The van der Waals surface area contributed by atoms with E-state index in [0.29, 0.717) is 19.8 Å². The molecular weight excluding hydrogens is 483 g/mol. The van der Waals surface area contributed by atoms with E-state index in [-0.39, 0.29) is 39.0 Å². The lowest BCUT2D eigenvalue weighted by Gasteiger charge is -2.26. The molecule has 0 aromatic carbocycles. The zero-order valence-corrected chi connectivity index (χ0v) is 20.8. The average Bonchev–Trinajstić information content (AvgIpc) is 3.35. The molecule has 35 heavy (non-hydrogen) atoms. The van der Waals surface area contributed by atoms with E-state index in [1.807, 2.05) is 27.7 Å². The highest BCUT2D eigenvalue weighted by atomic mass is 32.1. The fourth-order valence-corrected chi connectivity index (χ4v) is 4.99. The summed E-state index contributed by atoms with van der Waals surface area (Å²) in [6.07, 6.45) is -2.04. The van der Waals surface area contributed by atoms with Crippen molar-refractivity contribution in [3.8, 4) is 10.4 Å². The predicted molar refractivity (Wildman–Crippen MR) is 126 cm³/mol. The number of aromatic nitrogens is 2. The topological polar surface area (TPSA) is 96.5 Å². The van der Waals surface area contributed by atoms with Gasteiger partial charge in [0.2, 0.25) is 0 Å². The van der Waals surface area contributed by atoms with Gasteiger partial charge in [-0.25, -0.2) is 9.97 Å². The van der Waals surface area contributed by atoms with Gasteiger partial charge in [0, 0.05) is 29.9 Å². The summed E-state index contributed by atoms with van der Waals surface area (Å²) in [5.41, 5.74) is -1.91. The van der Waals surface area contributed by atoms with Crippen molar-refractivity contribution in [2.24, 2.45) is 0 Å². The van der Waals surface area contributed by atoms with E-state index in [2.05, 4.69) is 20.6 Å². The van der Waals surface area contributed by atoms with Gasteiger partial charge in [0.05, 0.1) is 29.7 Å². The number of rotatable bonds is 5. The van der Waals surface area contributed by atoms with Crippen molar-refractivity contribution in [1.29, 1.82) is 0 Å². The minimum Gasteiger partial charge on any atom is -0.377 e. The summed E-state index contributed by atoms with van der Waals surface area (Å²) in [5, 5.41) is 5.60. The number of alkyl halides is 3. The Morgan fingerprint density at radius 1 is 1.23 bits per heavy atom. The molecule has 0 radical (unpaired) electrons. The number of thiazole rings is 1. The third kappa shape index (κ3) is 5.58. The lowest BCUT2D eigenvalue weighted by molar-refractivity contribution is -0.137. The molecular formula is C23H28F3N5O3S. The Morgan fingerprint density at radius 3 is 2.49 bits per heavy atom. The minimum absolute atomic E-state index is 0.0220. The summed E-state index contributed by atoms with van der Waals surface area (Å²) < 4.78 is 47.6. The van der Waals surface area contributed by atoms with Crippen molar-refractivity contribution in [3.63, 3.8) is 0 Å². The lowest BCUT2D eigenvalue weighted by Crippen LogP contribution is -2.48. The molecule has 0 aliphatic carbocycles. The molecule has 2 aromatic heterocycles. The Labute approximate surface area is 205 Å². The van der Waals surface area contributed by atoms with Gasteiger partial charge >= 0.3 is 6.18 Å². The van der Waals surface area contributed by atoms with Crippen molar-refractivity contribution in [3.05, 3.63) is 28.5 Å². The van der Waals surface area contributed by atoms with Gasteiger partial charge in [0.15, 0.2) is 5.01 Å². The number of hydrogen-bond donors (Lipinski definition) is 2. The molecule has 2 aliphatic rings. The van der Waals surface area contributed by atoms with Crippen LogP contribution in [-0.4, -0.2) is 64.1 Å². The number of hydrogen-bond acceptors (Lipinski definition) is 7. The first-order valence-electron chi connectivity index (χ1n) is 11.4. The second-order valence-electron chi connectivity index (χ2n) is 9.88. The van der Waals surface area contributed by atoms with Crippen LogP contribution in [0.15, 0.2) is 12.3 Å². The summed E-state index contributed by atoms with van der Waals surface area (Å²) in [5.74, 6) is -0.981. The van der Waals surface area contributed by atoms with Gasteiger partial charge in [-0.2, -0.15) is 13.2 Å². The third-order valence-corrected chi connectivity index (χ3v) is 6.86. The maximum absolute atomic E-state index is 14.2. The number of halogens is 3. The smallest absolute Gasteiger partial charge is 0.377 e. The molecule has 2 saturated heterocycles. The molecule has 1 atom stereocenters. The van der Waals surface area contributed by atoms with Crippen molar-refractivity contribution in [1.82, 2.24) is 20.2 Å². The van der Waals surface area contributed by atoms with Gasteiger partial charge in [0.1, 0.15) is 11.5 Å². The normalized spacial score (nSPS) is 18.9. The number of nitrogens with one attached hydrogen (secondary N) is 2. The Kier molecular flexibility index (Phi) is 6.80. The minimum atomic E-state index is -4.72. The first-order chi connectivity index (χ1) is 16.3. The van der Waals surface area contributed by atoms with E-state index in [1.165, 1.54) is 0 Å². The van der Waals surface area contributed by atoms with Crippen LogP contribution in [0.1, 0.15) is 66.4 Å². The fourth-order valence-electron chi connectivity index (χ4n) is 4.01. The van der Waals surface area contributed by atoms with E-state index in [0.717, 1.165) is 36.4 Å². The molecule has 1 unspecified atom stereocenters. The van der Waals surface area contributed by atoms with Gasteiger partial charge < -0.3 is 20.3 Å². The summed E-state index contributed by atoms with van der Waals surface area (Å²) in [6.45, 7) is 8.51. The molecule has 4 heterocycles. The number of anilines is 1. The van der Waals surface area contributed by atoms with Crippen molar-refractivity contribution in [2.45, 2.75) is 64.3 Å². The summed E-state index contributed by atoms with van der Waals surface area (Å²) in [6, 6.07) is 0.668. The van der Waals surface area contributed by atoms with E-state index in [9.17, 15) is 22.8 Å². The Morgan fingerprint density at radius 2 is 1.94 bits per heavy atom. The van der Waals surface area contributed by atoms with Crippen molar-refractivity contribution < 1.29 is 27.5 Å². The van der Waals surface area contributed by atoms with E-state index in [4.69, 9.17) is 4.74 Å². The van der Waals surface area contributed by atoms with Crippen LogP contribution in [0.3, 0.4) is 0 Å². The Balaban J connectivity index is 1.80. The fraction of sp³-hybridized carbons (Fsp3) is 0.565. The van der Waals surface area contributed by atoms with Crippen LogP contribution in [0, 0.1) is 0 Å². The Bertz CT molecular complexity index is 1120. The summed E-state index contributed by atoms with van der Waals surface area (Å²) in [7, 11) is 0. The number of ether oxygens (including phenoxy) is 1. The number of likely N-dealkylation sites (tertiary alicyclic amines) is 1. The van der Waals surface area contributed by atoms with Gasteiger partial charge in [-0.15, -0.1) is 11.3 Å².